The molecule has 2 aromatic carbocycles. The van der Waals surface area contributed by atoms with Crippen LogP contribution < -0.4 is 19.7 Å². The lowest BCUT2D eigenvalue weighted by Gasteiger charge is -2.40. The number of rotatable bonds is 4. The van der Waals surface area contributed by atoms with Crippen molar-refractivity contribution in [1.82, 2.24) is 5.32 Å². The van der Waals surface area contributed by atoms with Crippen molar-refractivity contribution >= 4 is 17.7 Å². The molecule has 2 heterocycles. The molecule has 0 aliphatic carbocycles. The molecule has 1 saturated heterocycles. The lowest BCUT2D eigenvalue weighted by Crippen LogP contribution is -2.58. The van der Waals surface area contributed by atoms with Crippen molar-refractivity contribution in [2.75, 3.05) is 25.7 Å². The highest BCUT2D eigenvalue weighted by Gasteiger charge is 2.59. The molecule has 4 rings (SSSR count). The van der Waals surface area contributed by atoms with E-state index in [1.165, 1.54) is 11.1 Å². The maximum absolute atomic E-state index is 12.4. The molecule has 2 aliphatic rings. The quantitative estimate of drug-likeness (QED) is 0.882. The highest BCUT2D eigenvalue weighted by Crippen LogP contribution is 2.53. The second kappa shape index (κ2) is 6.30. The molecule has 1 fully saturated rings. The molecule has 5 heteroatoms. The Morgan fingerprint density at radius 1 is 1.11 bits per heavy atom. The molecule has 5 nitrogen and oxygen atoms in total. The molecule has 0 radical (unpaired) electrons. The van der Waals surface area contributed by atoms with E-state index >= 15 is 0 Å². The van der Waals surface area contributed by atoms with Crippen LogP contribution in [-0.4, -0.2) is 32.3 Å². The Labute approximate surface area is 165 Å². The Hall–Kier alpha value is -2.95. The summed E-state index contributed by atoms with van der Waals surface area (Å²) in [4.78, 5) is 14.6. The molecule has 0 saturated carbocycles. The Morgan fingerprint density at radius 2 is 1.89 bits per heavy atom. The van der Waals surface area contributed by atoms with Crippen molar-refractivity contribution in [2.45, 2.75) is 31.8 Å². The Kier molecular flexibility index (Phi) is 4.14. The number of methoxy groups -OCH3 is 2. The minimum Gasteiger partial charge on any atom is -0.497 e. The van der Waals surface area contributed by atoms with Crippen LogP contribution in [0, 0.1) is 6.92 Å². The van der Waals surface area contributed by atoms with E-state index in [0.29, 0.717) is 6.54 Å². The third kappa shape index (κ3) is 2.49. The summed E-state index contributed by atoms with van der Waals surface area (Å²) in [6.07, 6.45) is 4.12. The van der Waals surface area contributed by atoms with Gasteiger partial charge in [0.15, 0.2) is 0 Å². The first-order valence-electron chi connectivity index (χ1n) is 9.43. The summed E-state index contributed by atoms with van der Waals surface area (Å²) in [5.74, 6) is 1.50. The maximum atomic E-state index is 12.4. The van der Waals surface area contributed by atoms with Crippen LogP contribution in [0.25, 0.3) is 6.08 Å². The van der Waals surface area contributed by atoms with Crippen molar-refractivity contribution in [3.63, 3.8) is 0 Å². The van der Waals surface area contributed by atoms with E-state index in [9.17, 15) is 4.79 Å². The van der Waals surface area contributed by atoms with E-state index in [-0.39, 0.29) is 11.3 Å². The second-order valence-corrected chi connectivity index (χ2v) is 7.99. The summed E-state index contributed by atoms with van der Waals surface area (Å²) in [7, 11) is 3.28. The van der Waals surface area contributed by atoms with Gasteiger partial charge in [-0.3, -0.25) is 4.79 Å². The summed E-state index contributed by atoms with van der Waals surface area (Å²) in [5.41, 5.74) is 3.60. The standard InChI is InChI=1S/C23H26N2O3/c1-15-6-9-19-18(12-15)22(2,3)23(24-21(26)14-25(19)23)11-10-16-7-8-17(27-4)13-20(16)28-5/h6-13H,14H2,1-5H3,(H,24,26)/b11-10+/t23-/m0/s1. The molecule has 1 amide bonds. The number of carbonyl (C=O) groups excluding carboxylic acids is 1. The number of nitrogens with zero attached hydrogens (tertiary/aromatic N) is 1. The average molecular weight is 378 g/mol. The van der Waals surface area contributed by atoms with Crippen LogP contribution in [0.5, 0.6) is 11.5 Å². The van der Waals surface area contributed by atoms with Gasteiger partial charge in [0, 0.05) is 22.7 Å². The lowest BCUT2D eigenvalue weighted by molar-refractivity contribution is -0.118. The number of ether oxygens (including phenoxy) is 2. The van der Waals surface area contributed by atoms with Crippen molar-refractivity contribution in [2.24, 2.45) is 0 Å². The van der Waals surface area contributed by atoms with Crippen LogP contribution in [0.3, 0.4) is 0 Å². The molecule has 146 valence electrons. The van der Waals surface area contributed by atoms with Gasteiger partial charge in [0.05, 0.1) is 20.8 Å². The zero-order chi connectivity index (χ0) is 20.1. The van der Waals surface area contributed by atoms with E-state index in [0.717, 1.165) is 22.7 Å². The number of carbonyl (C=O) groups is 1. The molecule has 2 aliphatic heterocycles. The largest absolute Gasteiger partial charge is 0.497 e. The number of nitrogens with one attached hydrogen (secondary N) is 1. The summed E-state index contributed by atoms with van der Waals surface area (Å²) < 4.78 is 10.8. The number of fused-ring (bicyclic) bond motifs is 3. The number of anilines is 1. The van der Waals surface area contributed by atoms with E-state index < -0.39 is 5.66 Å². The van der Waals surface area contributed by atoms with E-state index in [4.69, 9.17) is 9.47 Å². The van der Waals surface area contributed by atoms with Gasteiger partial charge >= 0.3 is 0 Å². The van der Waals surface area contributed by atoms with Crippen molar-refractivity contribution in [1.29, 1.82) is 0 Å². The van der Waals surface area contributed by atoms with Crippen LogP contribution in [0.4, 0.5) is 5.69 Å². The molecule has 0 bridgehead atoms. The number of aryl methyl sites for hydroxylation is 1. The Bertz CT molecular complexity index is 980. The van der Waals surface area contributed by atoms with Gasteiger partial charge in [-0.25, -0.2) is 0 Å². The third-order valence-electron chi connectivity index (χ3n) is 6.07. The zero-order valence-electron chi connectivity index (χ0n) is 17.0. The minimum absolute atomic E-state index is 0.0330. The molecule has 0 aromatic heterocycles. The van der Waals surface area contributed by atoms with Gasteiger partial charge in [-0.05, 0) is 36.8 Å². The third-order valence-corrected chi connectivity index (χ3v) is 6.07. The lowest BCUT2D eigenvalue weighted by atomic mass is 9.75. The second-order valence-electron chi connectivity index (χ2n) is 7.99. The van der Waals surface area contributed by atoms with Crippen LogP contribution in [0.2, 0.25) is 0 Å². The highest BCUT2D eigenvalue weighted by atomic mass is 16.5. The smallest absolute Gasteiger partial charge is 0.241 e. The van der Waals surface area contributed by atoms with Crippen molar-refractivity contribution < 1.29 is 14.3 Å². The molecular formula is C23H26N2O3. The molecule has 0 unspecified atom stereocenters. The van der Waals surface area contributed by atoms with Crippen LogP contribution in [-0.2, 0) is 10.2 Å². The Balaban J connectivity index is 1.82. The first-order chi connectivity index (χ1) is 13.3. The monoisotopic (exact) mass is 378 g/mol. The fraction of sp³-hybridized carbons (Fsp3) is 0.348. The van der Waals surface area contributed by atoms with Crippen LogP contribution in [0.15, 0.2) is 42.5 Å². The summed E-state index contributed by atoms with van der Waals surface area (Å²) in [6.45, 7) is 6.83. The summed E-state index contributed by atoms with van der Waals surface area (Å²) in [5, 5.41) is 3.25. The SMILES string of the molecule is COc1ccc(/C=C/[C@]23NC(=O)CN2c2ccc(C)cc2C3(C)C)c(OC)c1. The normalized spacial score (nSPS) is 22.2. The zero-order valence-corrected chi connectivity index (χ0v) is 17.0. The first-order valence-corrected chi connectivity index (χ1v) is 9.43. The van der Waals surface area contributed by atoms with Crippen molar-refractivity contribution in [3.05, 3.63) is 59.2 Å². The summed E-state index contributed by atoms with van der Waals surface area (Å²) >= 11 is 0. The maximum Gasteiger partial charge on any atom is 0.241 e. The number of hydrogen-bond acceptors (Lipinski definition) is 4. The van der Waals surface area contributed by atoms with Gasteiger partial charge in [0.25, 0.3) is 0 Å². The molecule has 28 heavy (non-hydrogen) atoms. The molecule has 2 aromatic rings. The van der Waals surface area contributed by atoms with Gasteiger partial charge in [-0.1, -0.05) is 37.6 Å². The van der Waals surface area contributed by atoms with E-state index in [1.807, 2.05) is 24.3 Å². The molecular weight excluding hydrogens is 352 g/mol. The predicted molar refractivity (Wildman–Crippen MR) is 111 cm³/mol. The van der Waals surface area contributed by atoms with Gasteiger partial charge in [0.1, 0.15) is 17.2 Å². The Morgan fingerprint density at radius 3 is 2.61 bits per heavy atom. The van der Waals surface area contributed by atoms with Crippen LogP contribution >= 0.6 is 0 Å². The summed E-state index contributed by atoms with van der Waals surface area (Å²) in [6, 6.07) is 12.2. The predicted octanol–water partition coefficient (Wildman–Crippen LogP) is 3.65. The average Bonchev–Trinajstić information content (AvgIpc) is 3.10. The topological polar surface area (TPSA) is 50.8 Å². The minimum atomic E-state index is -0.620. The number of hydrogen-bond donors (Lipinski definition) is 1. The van der Waals surface area contributed by atoms with Gasteiger partial charge in [-0.15, -0.1) is 0 Å². The molecule has 1 N–H and O–H groups in total. The van der Waals surface area contributed by atoms with Gasteiger partial charge < -0.3 is 19.7 Å². The first kappa shape index (κ1) is 18.4. The van der Waals surface area contributed by atoms with E-state index in [2.05, 4.69) is 55.3 Å². The van der Waals surface area contributed by atoms with Crippen LogP contribution in [0.1, 0.15) is 30.5 Å². The van der Waals surface area contributed by atoms with E-state index in [1.54, 1.807) is 14.2 Å². The van der Waals surface area contributed by atoms with Crippen molar-refractivity contribution in [3.8, 4) is 11.5 Å². The van der Waals surface area contributed by atoms with Gasteiger partial charge in [-0.2, -0.15) is 0 Å². The molecule has 1 atom stereocenters. The fourth-order valence-corrected chi connectivity index (χ4v) is 4.45. The number of amides is 1. The fourth-order valence-electron chi connectivity index (χ4n) is 4.45. The highest BCUT2D eigenvalue weighted by molar-refractivity contribution is 5.91. The van der Waals surface area contributed by atoms with Gasteiger partial charge in [0.2, 0.25) is 5.91 Å². The molecule has 0 spiro atoms. The number of benzene rings is 2.